The van der Waals surface area contributed by atoms with E-state index in [9.17, 15) is 30.8 Å². The standard InChI is InChI=1S/C29H32F4N10O4S/c1-27(2)17-19(5-4-14-35-40-34)18-42(27)25-20(26(44)38-41-48(45,46)24-7-3-6-21(30)36-24)8-9-22(37-25)43-15-10-23(39-43)47-16-13-28(11-12-28)29(31,32)33/h3,6-10,15,19H,4-5,11-14,16-18H2,1-2H3. The summed E-state index contributed by atoms with van der Waals surface area (Å²) in [7, 11) is -4.61. The number of hydrogen-bond acceptors (Lipinski definition) is 9. The topological polar surface area (TPSA) is 181 Å². The SMILES string of the molecule is CC1(C)CC(CCCN=[N+]=[N-])CN1c1nc(-n2ccc(OCCC3(C(F)(F)F)CC3)n2)ccc1C(=O)N=NS(=O)(=O)c1cccc(F)n1. The molecule has 1 atom stereocenters. The van der Waals surface area contributed by atoms with Gasteiger partial charge in [0.05, 0.1) is 17.6 Å². The summed E-state index contributed by atoms with van der Waals surface area (Å²) >= 11 is 0. The number of aromatic nitrogens is 4. The molecule has 3 aromatic rings. The summed E-state index contributed by atoms with van der Waals surface area (Å²) in [6.45, 7) is 4.53. The molecule has 0 bridgehead atoms. The number of carbonyl (C=O) groups excluding carboxylic acids is 1. The van der Waals surface area contributed by atoms with Crippen molar-refractivity contribution in [3.8, 4) is 11.7 Å². The number of alkyl halides is 3. The van der Waals surface area contributed by atoms with Crippen LogP contribution < -0.4 is 9.64 Å². The number of pyridine rings is 2. The number of amides is 1. The summed E-state index contributed by atoms with van der Waals surface area (Å²) in [6, 6.07) is 7.40. The Balaban J connectivity index is 1.41. The van der Waals surface area contributed by atoms with Crippen LogP contribution in [0.5, 0.6) is 5.88 Å². The van der Waals surface area contributed by atoms with Crippen molar-refractivity contribution < 1.29 is 35.5 Å². The molecule has 0 aromatic carbocycles. The Morgan fingerprint density at radius 2 is 1.94 bits per heavy atom. The number of rotatable bonds is 13. The Kier molecular flexibility index (Phi) is 9.73. The lowest BCUT2D eigenvalue weighted by Gasteiger charge is -2.33. The summed E-state index contributed by atoms with van der Waals surface area (Å²) in [5, 5.41) is 10.6. The van der Waals surface area contributed by atoms with E-state index in [4.69, 9.17) is 15.3 Å². The molecule has 5 rings (SSSR count). The third kappa shape index (κ3) is 7.73. The van der Waals surface area contributed by atoms with Gasteiger partial charge in [0.2, 0.25) is 11.8 Å². The van der Waals surface area contributed by atoms with Gasteiger partial charge in [0.15, 0.2) is 10.8 Å². The molecule has 1 saturated heterocycles. The van der Waals surface area contributed by atoms with Crippen molar-refractivity contribution in [2.45, 2.75) is 69.1 Å². The number of sulfonamides is 1. The number of ether oxygens (including phenoxy) is 1. The molecule has 48 heavy (non-hydrogen) atoms. The molecular weight excluding hydrogens is 660 g/mol. The zero-order chi connectivity index (χ0) is 34.7. The Morgan fingerprint density at radius 1 is 1.17 bits per heavy atom. The van der Waals surface area contributed by atoms with Gasteiger partial charge in [-0.25, -0.2) is 14.6 Å². The largest absolute Gasteiger partial charge is 0.477 e. The molecule has 1 unspecified atom stereocenters. The number of anilines is 1. The monoisotopic (exact) mass is 692 g/mol. The maximum absolute atomic E-state index is 13.5. The summed E-state index contributed by atoms with van der Waals surface area (Å²) in [6.07, 6.45) is -0.747. The smallest absolute Gasteiger partial charge is 0.394 e. The first-order valence-electron chi connectivity index (χ1n) is 15.0. The third-order valence-electron chi connectivity index (χ3n) is 8.52. The van der Waals surface area contributed by atoms with Crippen LogP contribution in [-0.4, -0.2) is 65.5 Å². The first-order chi connectivity index (χ1) is 22.6. The fraction of sp³-hybridized carbons (Fsp3) is 0.517. The molecule has 2 fully saturated rings. The van der Waals surface area contributed by atoms with Crippen molar-refractivity contribution in [3.05, 3.63) is 64.5 Å². The Hall–Kier alpha value is -4.64. The molecule has 2 aliphatic rings. The average molecular weight is 693 g/mol. The summed E-state index contributed by atoms with van der Waals surface area (Å²) in [5.41, 5.74) is 6.28. The van der Waals surface area contributed by atoms with Crippen LogP contribution in [0.3, 0.4) is 0 Å². The van der Waals surface area contributed by atoms with Crippen LogP contribution in [-0.2, 0) is 10.0 Å². The van der Waals surface area contributed by atoms with Crippen molar-refractivity contribution in [1.82, 2.24) is 19.7 Å². The molecule has 1 amide bonds. The molecule has 3 aromatic heterocycles. The minimum Gasteiger partial charge on any atom is -0.477 e. The van der Waals surface area contributed by atoms with E-state index in [1.54, 1.807) is 0 Å². The highest BCUT2D eigenvalue weighted by Gasteiger charge is 2.62. The molecular formula is C29H32F4N10O4S. The lowest BCUT2D eigenvalue weighted by molar-refractivity contribution is -0.190. The fourth-order valence-corrected chi connectivity index (χ4v) is 6.51. The van der Waals surface area contributed by atoms with Crippen LogP contribution in [0.25, 0.3) is 16.3 Å². The Labute approximate surface area is 272 Å². The minimum atomic E-state index is -4.61. The van der Waals surface area contributed by atoms with E-state index < -0.39 is 44.0 Å². The number of halogens is 4. The second kappa shape index (κ2) is 13.5. The summed E-state index contributed by atoms with van der Waals surface area (Å²) in [4.78, 5) is 26.0. The molecule has 0 N–H and O–H groups in total. The maximum atomic E-state index is 13.5. The van der Waals surface area contributed by atoms with E-state index >= 15 is 0 Å². The maximum Gasteiger partial charge on any atom is 0.394 e. The predicted octanol–water partition coefficient (Wildman–Crippen LogP) is 6.59. The summed E-state index contributed by atoms with van der Waals surface area (Å²) < 4.78 is 88.6. The van der Waals surface area contributed by atoms with Crippen LogP contribution in [0.1, 0.15) is 62.7 Å². The van der Waals surface area contributed by atoms with Crippen molar-refractivity contribution in [3.63, 3.8) is 0 Å². The molecule has 256 valence electrons. The zero-order valence-corrected chi connectivity index (χ0v) is 26.8. The van der Waals surface area contributed by atoms with Gasteiger partial charge in [0, 0.05) is 35.8 Å². The zero-order valence-electron chi connectivity index (χ0n) is 26.0. The second-order valence-corrected chi connectivity index (χ2v) is 13.9. The van der Waals surface area contributed by atoms with Gasteiger partial charge in [-0.05, 0) is 92.6 Å². The van der Waals surface area contributed by atoms with Crippen molar-refractivity contribution in [2.75, 3.05) is 24.6 Å². The molecule has 14 nitrogen and oxygen atoms in total. The van der Waals surface area contributed by atoms with Gasteiger partial charge in [0.25, 0.3) is 5.91 Å². The number of nitrogens with zero attached hydrogens (tertiary/aromatic N) is 10. The van der Waals surface area contributed by atoms with Gasteiger partial charge in [-0.15, -0.1) is 5.10 Å². The van der Waals surface area contributed by atoms with E-state index in [2.05, 4.69) is 29.7 Å². The molecule has 0 radical (unpaired) electrons. The third-order valence-corrected chi connectivity index (χ3v) is 9.57. The number of hydrogen-bond donors (Lipinski definition) is 0. The first-order valence-corrected chi connectivity index (χ1v) is 16.5. The molecule has 19 heteroatoms. The van der Waals surface area contributed by atoms with Crippen LogP contribution in [0.2, 0.25) is 0 Å². The Morgan fingerprint density at radius 3 is 2.62 bits per heavy atom. The van der Waals surface area contributed by atoms with E-state index in [1.807, 2.05) is 18.7 Å². The van der Waals surface area contributed by atoms with Gasteiger partial charge in [-0.1, -0.05) is 16.3 Å². The molecule has 0 spiro atoms. The average Bonchev–Trinajstić information content (AvgIpc) is 3.58. The highest BCUT2D eigenvalue weighted by molar-refractivity contribution is 7.89. The van der Waals surface area contributed by atoms with Crippen LogP contribution in [0, 0.1) is 17.3 Å². The van der Waals surface area contributed by atoms with E-state index in [-0.39, 0.29) is 54.9 Å². The van der Waals surface area contributed by atoms with Gasteiger partial charge in [-0.3, -0.25) is 4.79 Å². The minimum absolute atomic E-state index is 0.0702. The number of azide groups is 1. The van der Waals surface area contributed by atoms with Crippen molar-refractivity contribution in [1.29, 1.82) is 0 Å². The summed E-state index contributed by atoms with van der Waals surface area (Å²) in [5.74, 6) is -1.46. The van der Waals surface area contributed by atoms with E-state index in [0.717, 1.165) is 24.6 Å². The van der Waals surface area contributed by atoms with Gasteiger partial charge in [0.1, 0.15) is 5.82 Å². The lowest BCUT2D eigenvalue weighted by Crippen LogP contribution is -2.39. The lowest BCUT2D eigenvalue weighted by atomic mass is 9.93. The van der Waals surface area contributed by atoms with Gasteiger partial charge >= 0.3 is 16.2 Å². The van der Waals surface area contributed by atoms with E-state index in [1.165, 1.54) is 29.1 Å². The molecule has 1 aliphatic heterocycles. The van der Waals surface area contributed by atoms with E-state index in [0.29, 0.717) is 25.9 Å². The van der Waals surface area contributed by atoms with Crippen molar-refractivity contribution in [2.24, 2.45) is 26.1 Å². The molecule has 1 saturated carbocycles. The number of carbonyl (C=O) groups is 1. The van der Waals surface area contributed by atoms with Gasteiger partial charge < -0.3 is 9.64 Å². The predicted molar refractivity (Wildman–Crippen MR) is 163 cm³/mol. The molecule has 1 aliphatic carbocycles. The van der Waals surface area contributed by atoms with Crippen LogP contribution in [0.15, 0.2) is 62.4 Å². The van der Waals surface area contributed by atoms with Crippen molar-refractivity contribution >= 4 is 21.7 Å². The highest BCUT2D eigenvalue weighted by atomic mass is 32.2. The first kappa shape index (κ1) is 34.7. The quantitative estimate of drug-likeness (QED) is 0.0480. The Bertz CT molecular complexity index is 1850. The van der Waals surface area contributed by atoms with Crippen LogP contribution in [0.4, 0.5) is 23.4 Å². The normalized spacial score (nSPS) is 18.5. The van der Waals surface area contributed by atoms with Gasteiger partial charge in [-0.2, -0.15) is 26.0 Å². The highest BCUT2D eigenvalue weighted by Crippen LogP contribution is 2.59. The molecule has 4 heterocycles. The van der Waals surface area contributed by atoms with Crippen LogP contribution >= 0.6 is 0 Å². The fourth-order valence-electron chi connectivity index (χ4n) is 5.80. The second-order valence-electron chi connectivity index (χ2n) is 12.4.